The van der Waals surface area contributed by atoms with Gasteiger partial charge in [-0.1, -0.05) is 32.0 Å². The highest BCUT2D eigenvalue weighted by atomic mass is 16.2. The molecule has 2 rings (SSSR count). The van der Waals surface area contributed by atoms with E-state index in [2.05, 4.69) is 24.1 Å². The van der Waals surface area contributed by atoms with Gasteiger partial charge in [0.15, 0.2) is 5.78 Å². The molecule has 104 valence electrons. The summed E-state index contributed by atoms with van der Waals surface area (Å²) in [5.41, 5.74) is 2.77. The summed E-state index contributed by atoms with van der Waals surface area (Å²) in [7, 11) is 0. The number of H-pyrrole nitrogens is 1. The van der Waals surface area contributed by atoms with Crippen LogP contribution in [0.5, 0.6) is 0 Å². The van der Waals surface area contributed by atoms with E-state index in [1.807, 2.05) is 24.3 Å². The molecule has 0 saturated heterocycles. The number of hydrogen-bond donors (Lipinski definition) is 2. The van der Waals surface area contributed by atoms with Crippen LogP contribution in [0, 0.1) is 0 Å². The highest BCUT2D eigenvalue weighted by Gasteiger charge is 2.13. The lowest BCUT2D eigenvalue weighted by Crippen LogP contribution is -2.14. The van der Waals surface area contributed by atoms with E-state index in [1.165, 1.54) is 6.92 Å². The molecular weight excluding hydrogens is 252 g/mol. The minimum absolute atomic E-state index is 0.0668. The monoisotopic (exact) mass is 270 g/mol. The van der Waals surface area contributed by atoms with Gasteiger partial charge in [0.05, 0.1) is 0 Å². The van der Waals surface area contributed by atoms with Gasteiger partial charge in [-0.15, -0.1) is 0 Å². The van der Waals surface area contributed by atoms with Gasteiger partial charge in [0.1, 0.15) is 5.69 Å². The van der Waals surface area contributed by atoms with Crippen molar-refractivity contribution in [3.8, 4) is 0 Å². The molecule has 2 aromatic rings. The molecular formula is C16H18N2O2. The lowest BCUT2D eigenvalue weighted by Gasteiger charge is -2.13. The minimum Gasteiger partial charge on any atom is -0.356 e. The van der Waals surface area contributed by atoms with E-state index < -0.39 is 0 Å². The second-order valence-electron chi connectivity index (χ2n) is 5.05. The summed E-state index contributed by atoms with van der Waals surface area (Å²) in [5, 5.41) is 2.88. The Morgan fingerprint density at radius 2 is 1.90 bits per heavy atom. The van der Waals surface area contributed by atoms with Crippen LogP contribution < -0.4 is 5.32 Å². The largest absolute Gasteiger partial charge is 0.356 e. The number of hydrogen-bond acceptors (Lipinski definition) is 2. The Morgan fingerprint density at radius 3 is 2.50 bits per heavy atom. The third kappa shape index (κ3) is 2.96. The van der Waals surface area contributed by atoms with Gasteiger partial charge in [-0.05, 0) is 30.5 Å². The first kappa shape index (κ1) is 14.1. The molecule has 1 heterocycles. The fraction of sp³-hybridized carbons (Fsp3) is 0.250. The zero-order valence-corrected chi connectivity index (χ0v) is 11.9. The second kappa shape index (κ2) is 5.74. The van der Waals surface area contributed by atoms with Crippen LogP contribution in [0.3, 0.4) is 0 Å². The summed E-state index contributed by atoms with van der Waals surface area (Å²) in [6.07, 6.45) is 1.55. The number of aromatic amines is 1. The van der Waals surface area contributed by atoms with Crippen molar-refractivity contribution in [2.24, 2.45) is 0 Å². The number of para-hydroxylation sites is 1. The normalized spacial score (nSPS) is 10.6. The van der Waals surface area contributed by atoms with E-state index in [-0.39, 0.29) is 11.7 Å². The molecule has 20 heavy (non-hydrogen) atoms. The van der Waals surface area contributed by atoms with E-state index >= 15 is 0 Å². The van der Waals surface area contributed by atoms with Crippen molar-refractivity contribution in [3.63, 3.8) is 0 Å². The van der Waals surface area contributed by atoms with Crippen LogP contribution in [0.4, 0.5) is 5.69 Å². The topological polar surface area (TPSA) is 62.0 Å². The molecule has 1 aromatic heterocycles. The van der Waals surface area contributed by atoms with Gasteiger partial charge in [0, 0.05) is 17.4 Å². The molecule has 0 aliphatic carbocycles. The van der Waals surface area contributed by atoms with Crippen molar-refractivity contribution >= 4 is 17.4 Å². The first-order valence-electron chi connectivity index (χ1n) is 6.58. The van der Waals surface area contributed by atoms with Crippen molar-refractivity contribution in [1.29, 1.82) is 0 Å². The molecule has 0 bridgehead atoms. The number of rotatable bonds is 4. The van der Waals surface area contributed by atoms with E-state index in [1.54, 1.807) is 12.3 Å². The van der Waals surface area contributed by atoms with Crippen LogP contribution in [0.15, 0.2) is 36.5 Å². The van der Waals surface area contributed by atoms with Crippen molar-refractivity contribution in [3.05, 3.63) is 53.3 Å². The fourth-order valence-corrected chi connectivity index (χ4v) is 2.03. The SMILES string of the molecule is CC(=O)c1c[nH]c(C(=O)Nc2ccccc2C(C)C)c1. The third-order valence-electron chi connectivity index (χ3n) is 3.17. The zero-order chi connectivity index (χ0) is 14.7. The summed E-state index contributed by atoms with van der Waals surface area (Å²) in [4.78, 5) is 26.2. The van der Waals surface area contributed by atoms with Crippen LogP contribution in [0.2, 0.25) is 0 Å². The first-order chi connectivity index (χ1) is 9.49. The van der Waals surface area contributed by atoms with Gasteiger partial charge in [0.25, 0.3) is 5.91 Å². The molecule has 0 aliphatic heterocycles. The van der Waals surface area contributed by atoms with Gasteiger partial charge < -0.3 is 10.3 Å². The molecule has 4 heteroatoms. The molecule has 0 radical (unpaired) electrons. The van der Waals surface area contributed by atoms with E-state index in [0.29, 0.717) is 17.2 Å². The van der Waals surface area contributed by atoms with Gasteiger partial charge in [-0.3, -0.25) is 9.59 Å². The zero-order valence-electron chi connectivity index (χ0n) is 11.9. The molecule has 0 unspecified atom stereocenters. The van der Waals surface area contributed by atoms with Crippen molar-refractivity contribution < 1.29 is 9.59 Å². The smallest absolute Gasteiger partial charge is 0.272 e. The van der Waals surface area contributed by atoms with Gasteiger partial charge in [-0.25, -0.2) is 0 Å². The lowest BCUT2D eigenvalue weighted by molar-refractivity contribution is 0.101. The number of carbonyl (C=O) groups is 2. The fourth-order valence-electron chi connectivity index (χ4n) is 2.03. The Morgan fingerprint density at radius 1 is 1.20 bits per heavy atom. The van der Waals surface area contributed by atoms with Crippen LogP contribution >= 0.6 is 0 Å². The Kier molecular flexibility index (Phi) is 4.03. The molecule has 0 aliphatic rings. The summed E-state index contributed by atoms with van der Waals surface area (Å²) >= 11 is 0. The van der Waals surface area contributed by atoms with Crippen LogP contribution in [-0.4, -0.2) is 16.7 Å². The van der Waals surface area contributed by atoms with Gasteiger partial charge in [-0.2, -0.15) is 0 Å². The Bertz CT molecular complexity index is 641. The minimum atomic E-state index is -0.245. The summed E-state index contributed by atoms with van der Waals surface area (Å²) < 4.78 is 0. The maximum atomic E-state index is 12.2. The number of Topliss-reactive ketones (excluding diaryl/α,β-unsaturated/α-hetero) is 1. The number of nitrogens with one attached hydrogen (secondary N) is 2. The van der Waals surface area contributed by atoms with Crippen molar-refractivity contribution in [1.82, 2.24) is 4.98 Å². The number of anilines is 1. The Balaban J connectivity index is 2.21. The number of ketones is 1. The highest BCUT2D eigenvalue weighted by molar-refractivity contribution is 6.05. The molecule has 0 atom stereocenters. The average molecular weight is 270 g/mol. The molecule has 0 spiro atoms. The van der Waals surface area contributed by atoms with Gasteiger partial charge >= 0.3 is 0 Å². The highest BCUT2D eigenvalue weighted by Crippen LogP contribution is 2.24. The van der Waals surface area contributed by atoms with E-state index in [9.17, 15) is 9.59 Å². The van der Waals surface area contributed by atoms with Crippen molar-refractivity contribution in [2.45, 2.75) is 26.7 Å². The molecule has 2 N–H and O–H groups in total. The summed E-state index contributed by atoms with van der Waals surface area (Å²) in [5.74, 6) is 0.0106. The summed E-state index contributed by atoms with van der Waals surface area (Å²) in [6, 6.07) is 9.28. The molecule has 4 nitrogen and oxygen atoms in total. The van der Waals surface area contributed by atoms with Crippen LogP contribution in [-0.2, 0) is 0 Å². The molecule has 1 amide bonds. The molecule has 1 aromatic carbocycles. The predicted octanol–water partition coefficient (Wildman–Crippen LogP) is 3.59. The van der Waals surface area contributed by atoms with Crippen LogP contribution in [0.25, 0.3) is 0 Å². The van der Waals surface area contributed by atoms with Gasteiger partial charge in [0.2, 0.25) is 0 Å². The third-order valence-corrected chi connectivity index (χ3v) is 3.17. The molecule has 0 saturated carbocycles. The summed E-state index contributed by atoms with van der Waals surface area (Å²) in [6.45, 7) is 5.62. The number of benzene rings is 1. The number of aromatic nitrogens is 1. The second-order valence-corrected chi connectivity index (χ2v) is 5.05. The first-order valence-corrected chi connectivity index (χ1v) is 6.58. The van der Waals surface area contributed by atoms with E-state index in [0.717, 1.165) is 11.3 Å². The standard InChI is InChI=1S/C16H18N2O2/c1-10(2)13-6-4-5-7-14(13)18-16(20)15-8-12(9-17-15)11(3)19/h4-10,17H,1-3H3,(H,18,20). The van der Waals surface area contributed by atoms with Crippen molar-refractivity contribution in [2.75, 3.05) is 5.32 Å². The predicted molar refractivity (Wildman–Crippen MR) is 79.3 cm³/mol. The maximum Gasteiger partial charge on any atom is 0.272 e. The Hall–Kier alpha value is -2.36. The lowest BCUT2D eigenvalue weighted by atomic mass is 10.0. The number of amides is 1. The Labute approximate surface area is 118 Å². The van der Waals surface area contributed by atoms with E-state index in [4.69, 9.17) is 0 Å². The quantitative estimate of drug-likeness (QED) is 0.834. The average Bonchev–Trinajstić information content (AvgIpc) is 2.89. The maximum absolute atomic E-state index is 12.2. The van der Waals surface area contributed by atoms with Crippen LogP contribution in [0.1, 0.15) is 53.1 Å². The number of carbonyl (C=O) groups excluding carboxylic acids is 2. The molecule has 0 fully saturated rings.